The van der Waals surface area contributed by atoms with Crippen molar-refractivity contribution in [3.05, 3.63) is 60.2 Å². The molecule has 1 N–H and O–H groups in total. The van der Waals surface area contributed by atoms with Crippen molar-refractivity contribution in [2.24, 2.45) is 0 Å². The third kappa shape index (κ3) is 5.45. The zero-order chi connectivity index (χ0) is 19.1. The molecule has 0 saturated carbocycles. The van der Waals surface area contributed by atoms with Gasteiger partial charge in [-0.15, -0.1) is 0 Å². The highest BCUT2D eigenvalue weighted by atomic mass is 16.5. The number of aliphatic hydroxyl groups excluding tert-OH is 1. The van der Waals surface area contributed by atoms with Gasteiger partial charge in [-0.05, 0) is 36.4 Å². The topological polar surface area (TPSA) is 62.2 Å². The molecule has 6 nitrogen and oxygen atoms in total. The Kier molecular flexibility index (Phi) is 6.68. The Morgan fingerprint density at radius 1 is 1.00 bits per heavy atom. The van der Waals surface area contributed by atoms with Crippen LogP contribution in [0.2, 0.25) is 0 Å². The van der Waals surface area contributed by atoms with Crippen LogP contribution in [0.25, 0.3) is 0 Å². The smallest absolute Gasteiger partial charge is 0.253 e. The van der Waals surface area contributed by atoms with Gasteiger partial charge in [0, 0.05) is 38.3 Å². The molecule has 1 saturated heterocycles. The first-order chi connectivity index (χ1) is 13.2. The van der Waals surface area contributed by atoms with Gasteiger partial charge in [-0.3, -0.25) is 9.69 Å². The quantitative estimate of drug-likeness (QED) is 0.807. The molecular weight excluding hydrogens is 344 g/mol. The Morgan fingerprint density at radius 2 is 1.67 bits per heavy atom. The average Bonchev–Trinajstić information content (AvgIpc) is 2.73. The minimum atomic E-state index is -0.561. The first-order valence-electron chi connectivity index (χ1n) is 9.17. The number of ether oxygens (including phenoxy) is 2. The fourth-order valence-electron chi connectivity index (χ4n) is 3.11. The maximum absolute atomic E-state index is 12.6. The molecule has 0 aromatic heterocycles. The second-order valence-corrected chi connectivity index (χ2v) is 6.60. The molecule has 0 aliphatic carbocycles. The summed E-state index contributed by atoms with van der Waals surface area (Å²) in [6.07, 6.45) is -0.561. The number of hydrogen-bond acceptors (Lipinski definition) is 5. The molecule has 1 atom stereocenters. The van der Waals surface area contributed by atoms with Gasteiger partial charge in [-0.25, -0.2) is 0 Å². The lowest BCUT2D eigenvalue weighted by Gasteiger charge is -2.35. The molecule has 27 heavy (non-hydrogen) atoms. The van der Waals surface area contributed by atoms with Crippen molar-refractivity contribution in [2.75, 3.05) is 46.4 Å². The number of piperazine rings is 1. The summed E-state index contributed by atoms with van der Waals surface area (Å²) in [6.45, 7) is 3.58. The summed E-state index contributed by atoms with van der Waals surface area (Å²) in [5.41, 5.74) is 0.667. The average molecular weight is 370 g/mol. The lowest BCUT2D eigenvalue weighted by molar-refractivity contribution is 0.0403. The summed E-state index contributed by atoms with van der Waals surface area (Å²) in [6, 6.07) is 16.7. The van der Waals surface area contributed by atoms with Crippen LogP contribution in [0.3, 0.4) is 0 Å². The number of rotatable bonds is 7. The number of hydrogen-bond donors (Lipinski definition) is 1. The predicted molar refractivity (Wildman–Crippen MR) is 103 cm³/mol. The number of aliphatic hydroxyl groups is 1. The van der Waals surface area contributed by atoms with Crippen LogP contribution in [-0.4, -0.2) is 73.4 Å². The van der Waals surface area contributed by atoms with Crippen molar-refractivity contribution >= 4 is 5.91 Å². The first kappa shape index (κ1) is 19.2. The maximum atomic E-state index is 12.6. The van der Waals surface area contributed by atoms with E-state index in [0.29, 0.717) is 25.2 Å². The van der Waals surface area contributed by atoms with E-state index in [-0.39, 0.29) is 12.5 Å². The minimum Gasteiger partial charge on any atom is -0.497 e. The van der Waals surface area contributed by atoms with Gasteiger partial charge in [-0.1, -0.05) is 18.2 Å². The van der Waals surface area contributed by atoms with E-state index in [1.54, 1.807) is 31.4 Å². The molecule has 1 heterocycles. The van der Waals surface area contributed by atoms with E-state index in [1.165, 1.54) is 0 Å². The van der Waals surface area contributed by atoms with Gasteiger partial charge >= 0.3 is 0 Å². The molecule has 0 spiro atoms. The summed E-state index contributed by atoms with van der Waals surface area (Å²) < 4.78 is 10.7. The van der Waals surface area contributed by atoms with Crippen molar-refractivity contribution in [1.29, 1.82) is 0 Å². The predicted octanol–water partition coefficient (Wildman–Crippen LogP) is 1.89. The van der Waals surface area contributed by atoms with Gasteiger partial charge in [-0.2, -0.15) is 0 Å². The second kappa shape index (κ2) is 9.39. The molecule has 1 amide bonds. The Morgan fingerprint density at radius 3 is 2.30 bits per heavy atom. The number of β-amino-alcohol motifs (C(OH)–C–C–N with tert-alkyl or cyclic N) is 1. The Labute approximate surface area is 159 Å². The van der Waals surface area contributed by atoms with Crippen LogP contribution in [0.4, 0.5) is 0 Å². The normalized spacial score (nSPS) is 16.0. The number of nitrogens with zero attached hydrogens (tertiary/aromatic N) is 2. The fourth-order valence-corrected chi connectivity index (χ4v) is 3.11. The molecule has 0 radical (unpaired) electrons. The van der Waals surface area contributed by atoms with Crippen molar-refractivity contribution in [3.63, 3.8) is 0 Å². The summed E-state index contributed by atoms with van der Waals surface area (Å²) >= 11 is 0. The highest BCUT2D eigenvalue weighted by Crippen LogP contribution is 2.15. The molecule has 2 aromatic carbocycles. The molecule has 0 bridgehead atoms. The largest absolute Gasteiger partial charge is 0.497 e. The van der Waals surface area contributed by atoms with Gasteiger partial charge in [0.2, 0.25) is 0 Å². The van der Waals surface area contributed by atoms with Crippen molar-refractivity contribution in [1.82, 2.24) is 9.80 Å². The van der Waals surface area contributed by atoms with Crippen LogP contribution in [-0.2, 0) is 0 Å². The van der Waals surface area contributed by atoms with Gasteiger partial charge in [0.05, 0.1) is 7.11 Å². The van der Waals surface area contributed by atoms with Gasteiger partial charge in [0.1, 0.15) is 24.2 Å². The van der Waals surface area contributed by atoms with Crippen LogP contribution in [0.5, 0.6) is 11.5 Å². The number of carbonyl (C=O) groups is 1. The number of carbonyl (C=O) groups excluding carboxylic acids is 1. The van der Waals surface area contributed by atoms with Gasteiger partial charge < -0.3 is 19.5 Å². The summed E-state index contributed by atoms with van der Waals surface area (Å²) in [4.78, 5) is 16.6. The SMILES string of the molecule is COc1ccc(C(=O)N2CCN(C[C@H](O)COc3ccccc3)CC2)cc1. The lowest BCUT2D eigenvalue weighted by Crippen LogP contribution is -2.50. The third-order valence-electron chi connectivity index (χ3n) is 4.65. The van der Waals surface area contributed by atoms with E-state index in [2.05, 4.69) is 4.90 Å². The van der Waals surface area contributed by atoms with Crippen molar-refractivity contribution in [3.8, 4) is 11.5 Å². The zero-order valence-corrected chi connectivity index (χ0v) is 15.6. The molecule has 1 aliphatic rings. The molecular formula is C21H26N2O4. The van der Waals surface area contributed by atoms with Gasteiger partial charge in [0.25, 0.3) is 5.91 Å². The lowest BCUT2D eigenvalue weighted by atomic mass is 10.1. The molecule has 144 valence electrons. The number of benzene rings is 2. The zero-order valence-electron chi connectivity index (χ0n) is 15.6. The minimum absolute atomic E-state index is 0.0327. The Bertz CT molecular complexity index is 713. The van der Waals surface area contributed by atoms with E-state index < -0.39 is 6.10 Å². The molecule has 1 fully saturated rings. The van der Waals surface area contributed by atoms with E-state index in [0.717, 1.165) is 24.6 Å². The highest BCUT2D eigenvalue weighted by Gasteiger charge is 2.23. The van der Waals surface area contributed by atoms with Gasteiger partial charge in [0.15, 0.2) is 0 Å². The third-order valence-corrected chi connectivity index (χ3v) is 4.65. The number of para-hydroxylation sites is 1. The molecule has 0 unspecified atom stereocenters. The number of methoxy groups -OCH3 is 1. The Hall–Kier alpha value is -2.57. The molecule has 6 heteroatoms. The molecule has 3 rings (SSSR count). The van der Waals surface area contributed by atoms with Crippen LogP contribution < -0.4 is 9.47 Å². The number of amides is 1. The van der Waals surface area contributed by atoms with E-state index in [9.17, 15) is 9.90 Å². The summed E-state index contributed by atoms with van der Waals surface area (Å²) in [5, 5.41) is 10.2. The van der Waals surface area contributed by atoms with E-state index in [1.807, 2.05) is 35.2 Å². The fraction of sp³-hybridized carbons (Fsp3) is 0.381. The van der Waals surface area contributed by atoms with Crippen molar-refractivity contribution < 1.29 is 19.4 Å². The first-order valence-corrected chi connectivity index (χ1v) is 9.17. The van der Waals surface area contributed by atoms with Crippen molar-refractivity contribution in [2.45, 2.75) is 6.10 Å². The summed E-state index contributed by atoms with van der Waals surface area (Å²) in [7, 11) is 1.61. The van der Waals surface area contributed by atoms with E-state index in [4.69, 9.17) is 9.47 Å². The van der Waals surface area contributed by atoms with Crippen LogP contribution in [0.15, 0.2) is 54.6 Å². The summed E-state index contributed by atoms with van der Waals surface area (Å²) in [5.74, 6) is 1.53. The molecule has 2 aromatic rings. The van der Waals surface area contributed by atoms with E-state index >= 15 is 0 Å². The van der Waals surface area contributed by atoms with Crippen LogP contribution in [0.1, 0.15) is 10.4 Å². The second-order valence-electron chi connectivity index (χ2n) is 6.60. The Balaban J connectivity index is 1.42. The monoisotopic (exact) mass is 370 g/mol. The van der Waals surface area contributed by atoms with Crippen LogP contribution >= 0.6 is 0 Å². The highest BCUT2D eigenvalue weighted by molar-refractivity contribution is 5.94. The standard InChI is InChI=1S/C21H26N2O4/c1-26-19-9-7-17(8-10-19)21(25)23-13-11-22(12-14-23)15-18(24)16-27-20-5-3-2-4-6-20/h2-10,18,24H,11-16H2,1H3/t18-/m0/s1. The maximum Gasteiger partial charge on any atom is 0.253 e. The van der Waals surface area contributed by atoms with Crippen LogP contribution in [0, 0.1) is 0 Å². The molecule has 1 aliphatic heterocycles.